The molecule has 0 saturated carbocycles. The maximum Gasteiger partial charge on any atom is 0.243 e. The van der Waals surface area contributed by atoms with E-state index in [0.29, 0.717) is 0 Å². The second-order valence-electron chi connectivity index (χ2n) is 4.47. The van der Waals surface area contributed by atoms with Crippen LogP contribution in [0.15, 0.2) is 18.2 Å². The molecular formula is C15H17ClFN3O. The molecule has 1 aromatic carbocycles. The van der Waals surface area contributed by atoms with Crippen molar-refractivity contribution < 1.29 is 9.13 Å². The monoisotopic (exact) mass is 309 g/mol. The summed E-state index contributed by atoms with van der Waals surface area (Å²) in [5.41, 5.74) is 8.45. The topological polar surface area (TPSA) is 61.0 Å². The number of aryl methyl sites for hydroxylation is 1. The summed E-state index contributed by atoms with van der Waals surface area (Å²) < 4.78 is 19.5. The molecule has 1 aromatic heterocycles. The van der Waals surface area contributed by atoms with Gasteiger partial charge in [-0.3, -0.25) is 0 Å². The fourth-order valence-electron chi connectivity index (χ4n) is 2.19. The van der Waals surface area contributed by atoms with Crippen LogP contribution in [0.3, 0.4) is 0 Å². The van der Waals surface area contributed by atoms with Gasteiger partial charge in [-0.15, -0.1) is 5.10 Å². The molecule has 112 valence electrons. The highest BCUT2D eigenvalue weighted by Gasteiger charge is 2.17. The molecule has 0 spiro atoms. The maximum absolute atomic E-state index is 13.9. The number of hydrogen-bond donors (Lipinski definition) is 1. The van der Waals surface area contributed by atoms with Crippen molar-refractivity contribution in [2.75, 3.05) is 0 Å². The van der Waals surface area contributed by atoms with E-state index in [4.69, 9.17) is 22.1 Å². The molecule has 0 fully saturated rings. The zero-order valence-electron chi connectivity index (χ0n) is 12.0. The fourth-order valence-corrected chi connectivity index (χ4v) is 2.36. The normalized spacial score (nSPS) is 10.7. The number of rotatable bonds is 5. The molecule has 0 aliphatic heterocycles. The molecule has 21 heavy (non-hydrogen) atoms. The molecule has 1 heterocycles. The van der Waals surface area contributed by atoms with Gasteiger partial charge >= 0.3 is 0 Å². The van der Waals surface area contributed by atoms with Gasteiger partial charge in [0.15, 0.2) is 11.6 Å². The highest BCUT2D eigenvalue weighted by molar-refractivity contribution is 6.30. The molecule has 4 nitrogen and oxygen atoms in total. The SMILES string of the molecule is CCc1nnc(Oc2cccc(Cl)c2F)c(CN)c1CC. The van der Waals surface area contributed by atoms with Gasteiger partial charge < -0.3 is 10.5 Å². The highest BCUT2D eigenvalue weighted by atomic mass is 35.5. The minimum atomic E-state index is -0.624. The van der Waals surface area contributed by atoms with Crippen LogP contribution in [0.25, 0.3) is 0 Å². The van der Waals surface area contributed by atoms with E-state index in [1.807, 2.05) is 13.8 Å². The number of nitrogens with two attached hydrogens (primary N) is 1. The van der Waals surface area contributed by atoms with Gasteiger partial charge in [0, 0.05) is 12.1 Å². The van der Waals surface area contributed by atoms with E-state index in [0.717, 1.165) is 29.7 Å². The number of nitrogens with zero attached hydrogens (tertiary/aromatic N) is 2. The smallest absolute Gasteiger partial charge is 0.243 e. The molecule has 2 N–H and O–H groups in total. The van der Waals surface area contributed by atoms with Crippen molar-refractivity contribution in [1.29, 1.82) is 0 Å². The molecule has 0 bridgehead atoms. The van der Waals surface area contributed by atoms with Gasteiger partial charge in [0.25, 0.3) is 0 Å². The quantitative estimate of drug-likeness (QED) is 0.916. The van der Waals surface area contributed by atoms with Gasteiger partial charge in [-0.2, -0.15) is 5.10 Å². The lowest BCUT2D eigenvalue weighted by atomic mass is 10.0. The van der Waals surface area contributed by atoms with E-state index >= 15 is 0 Å². The first-order valence-corrected chi connectivity index (χ1v) is 7.19. The summed E-state index contributed by atoms with van der Waals surface area (Å²) in [4.78, 5) is 0. The van der Waals surface area contributed by atoms with Crippen molar-refractivity contribution >= 4 is 11.6 Å². The summed E-state index contributed by atoms with van der Waals surface area (Å²) in [6.45, 7) is 4.27. The minimum Gasteiger partial charge on any atom is -0.434 e. The number of ether oxygens (including phenoxy) is 1. The molecular weight excluding hydrogens is 293 g/mol. The van der Waals surface area contributed by atoms with Crippen LogP contribution in [0.5, 0.6) is 11.6 Å². The molecule has 0 saturated heterocycles. The van der Waals surface area contributed by atoms with Gasteiger partial charge in [0.1, 0.15) is 0 Å². The van der Waals surface area contributed by atoms with Crippen molar-refractivity contribution in [2.45, 2.75) is 33.2 Å². The predicted octanol–water partition coefficient (Wildman–Crippen LogP) is 3.64. The standard InChI is InChI=1S/C15H17ClFN3O/c1-3-9-10(8-18)15(20-19-12(9)4-2)21-13-7-5-6-11(16)14(13)17/h5-7H,3-4,8,18H2,1-2H3. The van der Waals surface area contributed by atoms with E-state index in [9.17, 15) is 4.39 Å². The van der Waals surface area contributed by atoms with Crippen LogP contribution in [0.2, 0.25) is 5.02 Å². The lowest BCUT2D eigenvalue weighted by Crippen LogP contribution is -2.11. The minimum absolute atomic E-state index is 0.00403. The Balaban J connectivity index is 2.47. The average molecular weight is 310 g/mol. The Kier molecular flexibility index (Phi) is 5.09. The number of hydrogen-bond acceptors (Lipinski definition) is 4. The second kappa shape index (κ2) is 6.83. The van der Waals surface area contributed by atoms with Crippen LogP contribution in [-0.2, 0) is 19.4 Å². The van der Waals surface area contributed by atoms with Crippen LogP contribution in [0.1, 0.15) is 30.7 Å². The molecule has 0 aliphatic rings. The summed E-state index contributed by atoms with van der Waals surface area (Å²) in [7, 11) is 0. The Morgan fingerprint density at radius 3 is 2.57 bits per heavy atom. The van der Waals surface area contributed by atoms with Crippen LogP contribution in [0, 0.1) is 5.82 Å². The van der Waals surface area contributed by atoms with Crippen molar-refractivity contribution in [2.24, 2.45) is 5.73 Å². The molecule has 2 rings (SSSR count). The predicted molar refractivity (Wildman–Crippen MR) is 80.2 cm³/mol. The Labute approximate surface area is 128 Å². The van der Waals surface area contributed by atoms with E-state index in [1.54, 1.807) is 6.07 Å². The summed E-state index contributed by atoms with van der Waals surface area (Å²) >= 11 is 5.74. The van der Waals surface area contributed by atoms with Gasteiger partial charge in [-0.1, -0.05) is 31.5 Å². The lowest BCUT2D eigenvalue weighted by Gasteiger charge is -2.14. The number of aromatic nitrogens is 2. The highest BCUT2D eigenvalue weighted by Crippen LogP contribution is 2.31. The Morgan fingerprint density at radius 2 is 1.95 bits per heavy atom. The van der Waals surface area contributed by atoms with E-state index in [-0.39, 0.29) is 23.2 Å². The van der Waals surface area contributed by atoms with Crippen LogP contribution in [-0.4, -0.2) is 10.2 Å². The Bertz CT molecular complexity index is 649. The lowest BCUT2D eigenvalue weighted by molar-refractivity contribution is 0.415. The second-order valence-corrected chi connectivity index (χ2v) is 4.88. The molecule has 0 aliphatic carbocycles. The van der Waals surface area contributed by atoms with E-state index in [1.165, 1.54) is 12.1 Å². The average Bonchev–Trinajstić information content (AvgIpc) is 2.51. The zero-order chi connectivity index (χ0) is 15.4. The molecule has 0 amide bonds. The third-order valence-corrected chi connectivity index (χ3v) is 3.54. The summed E-state index contributed by atoms with van der Waals surface area (Å²) in [6, 6.07) is 4.55. The first-order valence-electron chi connectivity index (χ1n) is 6.81. The van der Waals surface area contributed by atoms with Crippen molar-refractivity contribution in [1.82, 2.24) is 10.2 Å². The fraction of sp³-hybridized carbons (Fsp3) is 0.333. The molecule has 6 heteroatoms. The molecule has 2 aromatic rings. The van der Waals surface area contributed by atoms with E-state index in [2.05, 4.69) is 10.2 Å². The van der Waals surface area contributed by atoms with Crippen molar-refractivity contribution in [3.05, 3.63) is 45.9 Å². The maximum atomic E-state index is 13.9. The van der Waals surface area contributed by atoms with Crippen LogP contribution >= 0.6 is 11.6 Å². The van der Waals surface area contributed by atoms with Gasteiger partial charge in [0.2, 0.25) is 5.88 Å². The first kappa shape index (κ1) is 15.7. The van der Waals surface area contributed by atoms with Crippen LogP contribution in [0.4, 0.5) is 4.39 Å². The Hall–Kier alpha value is -1.72. The third-order valence-electron chi connectivity index (χ3n) is 3.25. The summed E-state index contributed by atoms with van der Waals surface area (Å²) in [5.74, 6) is -0.382. The van der Waals surface area contributed by atoms with Crippen LogP contribution < -0.4 is 10.5 Å². The van der Waals surface area contributed by atoms with E-state index < -0.39 is 5.82 Å². The third kappa shape index (κ3) is 3.14. The zero-order valence-corrected chi connectivity index (χ0v) is 12.7. The molecule has 0 atom stereocenters. The first-order chi connectivity index (χ1) is 10.1. The molecule has 0 unspecified atom stereocenters. The summed E-state index contributed by atoms with van der Waals surface area (Å²) in [6.07, 6.45) is 1.52. The molecule has 0 radical (unpaired) electrons. The van der Waals surface area contributed by atoms with Crippen molar-refractivity contribution in [3.63, 3.8) is 0 Å². The Morgan fingerprint density at radius 1 is 1.19 bits per heavy atom. The van der Waals surface area contributed by atoms with Gasteiger partial charge in [-0.25, -0.2) is 4.39 Å². The number of halogens is 2. The van der Waals surface area contributed by atoms with Gasteiger partial charge in [-0.05, 0) is 30.5 Å². The van der Waals surface area contributed by atoms with Crippen molar-refractivity contribution in [3.8, 4) is 11.6 Å². The summed E-state index contributed by atoms with van der Waals surface area (Å²) in [5, 5.41) is 8.17. The largest absolute Gasteiger partial charge is 0.434 e. The van der Waals surface area contributed by atoms with Gasteiger partial charge in [0.05, 0.1) is 10.7 Å². The number of benzene rings is 1.